The van der Waals surface area contributed by atoms with Crippen LogP contribution in [0.3, 0.4) is 0 Å². The van der Waals surface area contributed by atoms with Crippen LogP contribution >= 0.6 is 0 Å². The number of rotatable bonds is 6. The van der Waals surface area contributed by atoms with Crippen molar-refractivity contribution in [1.82, 2.24) is 25.2 Å². The number of hydrogen-bond donors (Lipinski definition) is 2. The number of aryl methyl sites for hydroxylation is 1. The third kappa shape index (κ3) is 4.96. The average Bonchev–Trinajstić information content (AvgIpc) is 2.91. The zero-order valence-corrected chi connectivity index (χ0v) is 11.2. The number of aromatic nitrogens is 3. The molecule has 1 saturated heterocycles. The van der Waals surface area contributed by atoms with Gasteiger partial charge in [0.05, 0.1) is 12.7 Å². The van der Waals surface area contributed by atoms with Crippen LogP contribution < -0.4 is 11.1 Å². The highest BCUT2D eigenvalue weighted by Gasteiger charge is 2.17. The molecule has 0 bridgehead atoms. The fourth-order valence-corrected chi connectivity index (χ4v) is 2.19. The van der Waals surface area contributed by atoms with Gasteiger partial charge >= 0.3 is 0 Å². The zero-order chi connectivity index (χ0) is 13.5. The molecular weight excluding hydrogens is 244 g/mol. The molecule has 1 aromatic heterocycles. The van der Waals surface area contributed by atoms with Gasteiger partial charge < -0.3 is 11.1 Å². The molecule has 2 rings (SSSR count). The Labute approximate surface area is 113 Å². The number of nitrogens with two attached hydrogens (primary N) is 1. The summed E-state index contributed by atoms with van der Waals surface area (Å²) in [6.07, 6.45) is 6.30. The van der Waals surface area contributed by atoms with Crippen LogP contribution in [0.4, 0.5) is 0 Å². The summed E-state index contributed by atoms with van der Waals surface area (Å²) < 4.78 is 1.76. The second-order valence-electron chi connectivity index (χ2n) is 4.98. The molecule has 1 aromatic rings. The molecule has 0 radical (unpaired) electrons. The smallest absolute Gasteiger partial charge is 0.234 e. The van der Waals surface area contributed by atoms with Crippen molar-refractivity contribution in [3.63, 3.8) is 0 Å². The zero-order valence-electron chi connectivity index (χ0n) is 11.2. The first-order chi connectivity index (χ1) is 9.24. The molecule has 106 valence electrons. The molecule has 0 unspecified atom stereocenters. The summed E-state index contributed by atoms with van der Waals surface area (Å²) in [5.74, 6) is 0.0917. The third-order valence-electron chi connectivity index (χ3n) is 3.36. The maximum atomic E-state index is 11.7. The van der Waals surface area contributed by atoms with Gasteiger partial charge in [0.1, 0.15) is 0 Å². The summed E-state index contributed by atoms with van der Waals surface area (Å²) in [6.45, 7) is 3.78. The second kappa shape index (κ2) is 7.20. The Morgan fingerprint density at radius 1 is 1.42 bits per heavy atom. The van der Waals surface area contributed by atoms with Crippen molar-refractivity contribution in [1.29, 1.82) is 0 Å². The van der Waals surface area contributed by atoms with Gasteiger partial charge in [0.15, 0.2) is 0 Å². The van der Waals surface area contributed by atoms with E-state index in [0.717, 1.165) is 38.9 Å². The summed E-state index contributed by atoms with van der Waals surface area (Å²) in [5.41, 5.74) is 5.83. The summed E-state index contributed by atoms with van der Waals surface area (Å²) >= 11 is 0. The van der Waals surface area contributed by atoms with E-state index in [1.807, 2.05) is 6.20 Å². The van der Waals surface area contributed by atoms with E-state index >= 15 is 0 Å². The number of carbonyl (C=O) groups is 1. The van der Waals surface area contributed by atoms with Crippen molar-refractivity contribution in [3.8, 4) is 0 Å². The van der Waals surface area contributed by atoms with E-state index in [4.69, 9.17) is 5.73 Å². The van der Waals surface area contributed by atoms with Gasteiger partial charge in [-0.3, -0.25) is 14.4 Å². The van der Waals surface area contributed by atoms with Crippen LogP contribution in [0.2, 0.25) is 0 Å². The normalized spacial score (nSPS) is 17.5. The molecule has 1 fully saturated rings. The molecule has 7 nitrogen and oxygen atoms in total. The number of piperidine rings is 1. The summed E-state index contributed by atoms with van der Waals surface area (Å²) in [4.78, 5) is 13.9. The van der Waals surface area contributed by atoms with Gasteiger partial charge in [-0.2, -0.15) is 0 Å². The minimum atomic E-state index is 0.0917. The van der Waals surface area contributed by atoms with Crippen LogP contribution in [-0.2, 0) is 11.3 Å². The average molecular weight is 266 g/mol. The largest absolute Gasteiger partial charge is 0.355 e. The minimum Gasteiger partial charge on any atom is -0.355 e. The van der Waals surface area contributed by atoms with Crippen LogP contribution in [-0.4, -0.2) is 58.0 Å². The van der Waals surface area contributed by atoms with Crippen molar-refractivity contribution in [2.45, 2.75) is 31.8 Å². The Bertz CT molecular complexity index is 372. The van der Waals surface area contributed by atoms with Crippen molar-refractivity contribution in [2.75, 3.05) is 26.2 Å². The Balaban J connectivity index is 1.54. The topological polar surface area (TPSA) is 89.1 Å². The predicted octanol–water partition coefficient (Wildman–Crippen LogP) is -0.792. The fourth-order valence-electron chi connectivity index (χ4n) is 2.19. The summed E-state index contributed by atoms with van der Waals surface area (Å²) in [6, 6.07) is 0.307. The van der Waals surface area contributed by atoms with Crippen molar-refractivity contribution in [3.05, 3.63) is 12.4 Å². The van der Waals surface area contributed by atoms with Crippen LogP contribution in [0.15, 0.2) is 12.4 Å². The number of amides is 1. The molecule has 0 saturated carbocycles. The molecule has 3 N–H and O–H groups in total. The third-order valence-corrected chi connectivity index (χ3v) is 3.36. The van der Waals surface area contributed by atoms with E-state index in [0.29, 0.717) is 19.1 Å². The first-order valence-corrected chi connectivity index (χ1v) is 6.83. The van der Waals surface area contributed by atoms with Gasteiger partial charge in [0, 0.05) is 38.4 Å². The van der Waals surface area contributed by atoms with Gasteiger partial charge in [0.2, 0.25) is 5.91 Å². The SMILES string of the molecule is NC1CCN(CC(=O)NCCCn2ccnn2)CC1. The second-order valence-corrected chi connectivity index (χ2v) is 4.98. The van der Waals surface area contributed by atoms with E-state index in [2.05, 4.69) is 20.5 Å². The first kappa shape index (κ1) is 14.0. The summed E-state index contributed by atoms with van der Waals surface area (Å²) in [7, 11) is 0. The number of nitrogens with one attached hydrogen (secondary N) is 1. The van der Waals surface area contributed by atoms with E-state index in [9.17, 15) is 4.79 Å². The molecule has 19 heavy (non-hydrogen) atoms. The molecule has 0 aromatic carbocycles. The fraction of sp³-hybridized carbons (Fsp3) is 0.750. The molecule has 1 aliphatic rings. The van der Waals surface area contributed by atoms with Gasteiger partial charge in [-0.05, 0) is 19.3 Å². The molecule has 1 aliphatic heterocycles. The van der Waals surface area contributed by atoms with Gasteiger partial charge in [0.25, 0.3) is 0 Å². The molecule has 7 heteroatoms. The standard InChI is InChI=1S/C12H22N6O/c13-11-2-7-17(8-3-11)10-12(19)14-4-1-6-18-9-5-15-16-18/h5,9,11H,1-4,6-8,10,13H2,(H,14,19). The molecule has 0 aliphatic carbocycles. The Hall–Kier alpha value is -1.47. The number of likely N-dealkylation sites (tertiary alicyclic amines) is 1. The number of carbonyl (C=O) groups excluding carboxylic acids is 1. The lowest BCUT2D eigenvalue weighted by Crippen LogP contribution is -2.44. The molecular formula is C12H22N6O. The van der Waals surface area contributed by atoms with Gasteiger partial charge in [-0.25, -0.2) is 0 Å². The maximum absolute atomic E-state index is 11.7. The number of hydrogen-bond acceptors (Lipinski definition) is 5. The van der Waals surface area contributed by atoms with Crippen molar-refractivity contribution in [2.24, 2.45) is 5.73 Å². The van der Waals surface area contributed by atoms with E-state index < -0.39 is 0 Å². The Morgan fingerprint density at radius 2 is 2.21 bits per heavy atom. The predicted molar refractivity (Wildman–Crippen MR) is 71.3 cm³/mol. The first-order valence-electron chi connectivity index (χ1n) is 6.83. The van der Waals surface area contributed by atoms with Crippen molar-refractivity contribution >= 4 is 5.91 Å². The number of nitrogens with zero attached hydrogens (tertiary/aromatic N) is 4. The van der Waals surface area contributed by atoms with E-state index in [1.165, 1.54) is 0 Å². The maximum Gasteiger partial charge on any atom is 0.234 e. The highest BCUT2D eigenvalue weighted by molar-refractivity contribution is 5.77. The van der Waals surface area contributed by atoms with Gasteiger partial charge in [-0.15, -0.1) is 5.10 Å². The van der Waals surface area contributed by atoms with Crippen LogP contribution in [0.5, 0.6) is 0 Å². The molecule has 2 heterocycles. The minimum absolute atomic E-state index is 0.0917. The molecule has 1 amide bonds. The van der Waals surface area contributed by atoms with E-state index in [-0.39, 0.29) is 5.91 Å². The highest BCUT2D eigenvalue weighted by atomic mass is 16.2. The molecule has 0 atom stereocenters. The van der Waals surface area contributed by atoms with E-state index in [1.54, 1.807) is 10.9 Å². The molecule has 0 spiro atoms. The lowest BCUT2D eigenvalue weighted by atomic mass is 10.1. The van der Waals surface area contributed by atoms with Crippen LogP contribution in [0.1, 0.15) is 19.3 Å². The van der Waals surface area contributed by atoms with Crippen molar-refractivity contribution < 1.29 is 4.79 Å². The van der Waals surface area contributed by atoms with Crippen LogP contribution in [0, 0.1) is 0 Å². The highest BCUT2D eigenvalue weighted by Crippen LogP contribution is 2.07. The summed E-state index contributed by atoms with van der Waals surface area (Å²) in [5, 5.41) is 10.5. The van der Waals surface area contributed by atoms with Crippen LogP contribution in [0.25, 0.3) is 0 Å². The Morgan fingerprint density at radius 3 is 2.89 bits per heavy atom. The monoisotopic (exact) mass is 266 g/mol. The lowest BCUT2D eigenvalue weighted by Gasteiger charge is -2.29. The van der Waals surface area contributed by atoms with Gasteiger partial charge in [-0.1, -0.05) is 5.21 Å². The quantitative estimate of drug-likeness (QED) is 0.659. The Kier molecular flexibility index (Phi) is 5.29. The lowest BCUT2D eigenvalue weighted by molar-refractivity contribution is -0.122.